The van der Waals surface area contributed by atoms with Crippen molar-refractivity contribution in [3.05, 3.63) is 0 Å². The van der Waals surface area contributed by atoms with E-state index in [1.807, 2.05) is 35.3 Å². The van der Waals surface area contributed by atoms with Crippen molar-refractivity contribution < 1.29 is 0 Å². The van der Waals surface area contributed by atoms with Gasteiger partial charge in [-0.3, -0.25) is 0 Å². The monoisotopic (exact) mass is 232 g/mol. The molecule has 0 aliphatic carbocycles. The molecule has 5 heteroatoms. The van der Waals surface area contributed by atoms with E-state index in [2.05, 4.69) is 32.2 Å². The van der Waals surface area contributed by atoms with Gasteiger partial charge in [0.2, 0.25) is 0 Å². The third-order valence-electron chi connectivity index (χ3n) is 0.724. The van der Waals surface area contributed by atoms with Crippen molar-refractivity contribution in [1.82, 2.24) is 0 Å². The molecule has 0 bridgehead atoms. The molecule has 0 saturated carbocycles. The van der Waals surface area contributed by atoms with Crippen LogP contribution in [0.25, 0.3) is 0 Å². The maximum atomic E-state index is 4.16. The summed E-state index contributed by atoms with van der Waals surface area (Å²) in [7, 11) is 0. The van der Waals surface area contributed by atoms with Crippen LogP contribution in [0.3, 0.4) is 0 Å². The molecule has 0 atom stereocenters. The van der Waals surface area contributed by atoms with Crippen molar-refractivity contribution in [3.63, 3.8) is 0 Å². The van der Waals surface area contributed by atoms with Gasteiger partial charge >= 0.3 is 0 Å². The van der Waals surface area contributed by atoms with E-state index < -0.39 is 0 Å². The lowest BCUT2D eigenvalue weighted by molar-refractivity contribution is 1.52. The van der Waals surface area contributed by atoms with Crippen molar-refractivity contribution in [2.75, 3.05) is 15.9 Å². The van der Waals surface area contributed by atoms with Gasteiger partial charge in [0, 0.05) is 10.2 Å². The quantitative estimate of drug-likeness (QED) is 0.533. The molecule has 0 aromatic heterocycles. The summed E-state index contributed by atoms with van der Waals surface area (Å²) < 4.78 is 0.625. The molecule has 0 heterocycles. The first kappa shape index (κ1) is 11.8. The van der Waals surface area contributed by atoms with Crippen LogP contribution in [0.5, 0.6) is 0 Å². The number of hydrogen-bond donors (Lipinski definition) is 2. The highest BCUT2D eigenvalue weighted by molar-refractivity contribution is 8.35. The van der Waals surface area contributed by atoms with E-state index in [0.29, 0.717) is 3.91 Å². The minimum atomic E-state index is 0.625. The Bertz CT molecular complexity index is 52.8. The predicted molar refractivity (Wildman–Crippen MR) is 64.8 cm³/mol. The summed E-state index contributed by atoms with van der Waals surface area (Å²) in [6.45, 7) is 2.18. The maximum Gasteiger partial charge on any atom is 0.0972 e. The van der Waals surface area contributed by atoms with Crippen LogP contribution in [0, 0.1) is 0 Å². The summed E-state index contributed by atoms with van der Waals surface area (Å²) in [4.78, 5) is 0. The molecule has 0 saturated heterocycles. The number of hydrogen-bond acceptors (Lipinski definition) is 5. The fraction of sp³-hybridized carbons (Fsp3) is 1.00. The molecule has 10 heavy (non-hydrogen) atoms. The lowest BCUT2D eigenvalue weighted by atomic mass is 11.0. The van der Waals surface area contributed by atoms with Gasteiger partial charge < -0.3 is 0 Å². The summed E-state index contributed by atoms with van der Waals surface area (Å²) in [5.41, 5.74) is 0. The van der Waals surface area contributed by atoms with Crippen LogP contribution in [-0.4, -0.2) is 19.8 Å². The molecule has 0 radical (unpaired) electrons. The topological polar surface area (TPSA) is 0 Å². The minimum absolute atomic E-state index is 0.625. The summed E-state index contributed by atoms with van der Waals surface area (Å²) in [5, 5.41) is 1.80. The van der Waals surface area contributed by atoms with Gasteiger partial charge in [-0.15, -0.1) is 35.3 Å². The van der Waals surface area contributed by atoms with Gasteiger partial charge in [-0.1, -0.05) is 6.92 Å². The highest BCUT2D eigenvalue weighted by Gasteiger charge is 2.05. The largest absolute Gasteiger partial charge is 0.168 e. The van der Waals surface area contributed by atoms with E-state index in [-0.39, 0.29) is 0 Å². The standard InChI is InChI=1S/C5H12S5/c1-2-8-5(9-3-6)10-4-7/h5-7H,2-4H2,1H3. The lowest BCUT2D eigenvalue weighted by Gasteiger charge is -2.11. The number of thiol groups is 2. The first-order chi connectivity index (χ1) is 4.85. The van der Waals surface area contributed by atoms with Crippen molar-refractivity contribution in [3.8, 4) is 0 Å². The fourth-order valence-corrected chi connectivity index (χ4v) is 5.81. The fourth-order valence-electron chi connectivity index (χ4n) is 0.402. The minimum Gasteiger partial charge on any atom is -0.168 e. The Hall–Kier alpha value is 1.75. The molecule has 0 spiro atoms. The zero-order valence-corrected chi connectivity index (χ0v) is 10.1. The Morgan fingerprint density at radius 1 is 1.10 bits per heavy atom. The number of rotatable bonds is 6. The van der Waals surface area contributed by atoms with Gasteiger partial charge in [0.25, 0.3) is 0 Å². The van der Waals surface area contributed by atoms with E-state index in [4.69, 9.17) is 0 Å². The molecule has 0 aromatic carbocycles. The zero-order valence-electron chi connectivity index (χ0n) is 5.82. The Morgan fingerprint density at radius 2 is 1.60 bits per heavy atom. The summed E-state index contributed by atoms with van der Waals surface area (Å²) in [5.74, 6) is 1.17. The van der Waals surface area contributed by atoms with Gasteiger partial charge in [-0.25, -0.2) is 0 Å². The summed E-state index contributed by atoms with van der Waals surface area (Å²) in [6.07, 6.45) is 0. The summed E-state index contributed by atoms with van der Waals surface area (Å²) in [6, 6.07) is 0. The van der Waals surface area contributed by atoms with Gasteiger partial charge in [0.1, 0.15) is 0 Å². The SMILES string of the molecule is CCSC(SCS)SCS. The highest BCUT2D eigenvalue weighted by Crippen LogP contribution is 2.34. The second-order valence-corrected chi connectivity index (χ2v) is 7.29. The lowest BCUT2D eigenvalue weighted by Crippen LogP contribution is -1.90. The second kappa shape index (κ2) is 8.84. The Labute approximate surface area is 86.9 Å². The molecule has 0 aliphatic heterocycles. The molecule has 0 aromatic rings. The molecule has 62 valence electrons. The third-order valence-corrected chi connectivity index (χ3v) is 5.52. The van der Waals surface area contributed by atoms with Gasteiger partial charge in [0.15, 0.2) is 0 Å². The number of thioether (sulfide) groups is 3. The molecule has 0 N–H and O–H groups in total. The highest BCUT2D eigenvalue weighted by atomic mass is 32.3. The van der Waals surface area contributed by atoms with Gasteiger partial charge in [0.05, 0.1) is 3.91 Å². The van der Waals surface area contributed by atoms with Crippen LogP contribution < -0.4 is 0 Å². The van der Waals surface area contributed by atoms with Crippen LogP contribution in [0.2, 0.25) is 0 Å². The van der Waals surface area contributed by atoms with E-state index in [1.165, 1.54) is 5.75 Å². The molecular formula is C5H12S5. The first-order valence-electron chi connectivity index (χ1n) is 2.91. The molecule has 0 aliphatic rings. The second-order valence-electron chi connectivity index (χ2n) is 1.34. The Kier molecular flexibility index (Phi) is 10.4. The van der Waals surface area contributed by atoms with Crippen LogP contribution in [0.1, 0.15) is 6.92 Å². The average Bonchev–Trinajstić information content (AvgIpc) is 1.90. The van der Waals surface area contributed by atoms with Crippen molar-refractivity contribution in [1.29, 1.82) is 0 Å². The molecule has 0 nitrogen and oxygen atoms in total. The van der Waals surface area contributed by atoms with Crippen molar-refractivity contribution in [2.45, 2.75) is 10.8 Å². The first-order valence-corrected chi connectivity index (χ1v) is 7.32. The maximum absolute atomic E-state index is 4.16. The smallest absolute Gasteiger partial charge is 0.0972 e. The van der Waals surface area contributed by atoms with E-state index in [9.17, 15) is 0 Å². The third kappa shape index (κ3) is 6.46. The van der Waals surface area contributed by atoms with Gasteiger partial charge in [-0.05, 0) is 5.75 Å². The normalized spacial score (nSPS) is 10.8. The van der Waals surface area contributed by atoms with Crippen molar-refractivity contribution in [2.24, 2.45) is 0 Å². The van der Waals surface area contributed by atoms with E-state index >= 15 is 0 Å². The molecule has 0 rings (SSSR count). The van der Waals surface area contributed by atoms with Crippen LogP contribution in [0.4, 0.5) is 0 Å². The van der Waals surface area contributed by atoms with Crippen molar-refractivity contribution >= 4 is 60.5 Å². The van der Waals surface area contributed by atoms with E-state index in [0.717, 1.165) is 10.2 Å². The molecule has 0 fully saturated rings. The Morgan fingerprint density at radius 3 is 1.90 bits per heavy atom. The molecule has 0 amide bonds. The molecule has 0 unspecified atom stereocenters. The predicted octanol–water partition coefficient (Wildman–Crippen LogP) is 3.26. The van der Waals surface area contributed by atoms with Crippen LogP contribution in [-0.2, 0) is 0 Å². The summed E-state index contributed by atoms with van der Waals surface area (Å²) >= 11 is 14.0. The van der Waals surface area contributed by atoms with Crippen LogP contribution in [0.15, 0.2) is 0 Å². The Balaban J connectivity index is 3.30. The van der Waals surface area contributed by atoms with Gasteiger partial charge in [-0.2, -0.15) is 25.3 Å². The van der Waals surface area contributed by atoms with Crippen LogP contribution >= 0.6 is 60.5 Å². The molecular weight excluding hydrogens is 220 g/mol. The van der Waals surface area contributed by atoms with E-state index in [1.54, 1.807) is 0 Å². The average molecular weight is 232 g/mol. The zero-order chi connectivity index (χ0) is 7.82.